The summed E-state index contributed by atoms with van der Waals surface area (Å²) in [5.74, 6) is 0.784. The molecule has 1 N–H and O–H groups in total. The van der Waals surface area contributed by atoms with Gasteiger partial charge in [-0.05, 0) is 40.6 Å². The van der Waals surface area contributed by atoms with Crippen molar-refractivity contribution in [1.29, 1.82) is 0 Å². The van der Waals surface area contributed by atoms with E-state index < -0.39 is 6.10 Å². The number of morpholine rings is 1. The van der Waals surface area contributed by atoms with Crippen molar-refractivity contribution in [2.24, 2.45) is 0 Å². The molecule has 1 fully saturated rings. The molecule has 1 heterocycles. The second-order valence-corrected chi connectivity index (χ2v) is 8.06. The molecule has 0 aliphatic carbocycles. The van der Waals surface area contributed by atoms with Crippen LogP contribution in [0, 0.1) is 0 Å². The van der Waals surface area contributed by atoms with E-state index in [0.29, 0.717) is 13.2 Å². The molecule has 2 atom stereocenters. The Morgan fingerprint density at radius 3 is 2.72 bits per heavy atom. The van der Waals surface area contributed by atoms with Gasteiger partial charge in [0.05, 0.1) is 12.7 Å². The first-order chi connectivity index (χ1) is 13.7. The van der Waals surface area contributed by atoms with E-state index >= 15 is 0 Å². The first-order valence-electron chi connectivity index (χ1n) is 9.56. The summed E-state index contributed by atoms with van der Waals surface area (Å²) in [6, 6.07) is 22.4. The Morgan fingerprint density at radius 2 is 1.90 bits per heavy atom. The fraction of sp³-hybridized carbons (Fsp3) is 0.304. The first kappa shape index (κ1) is 22.1. The van der Waals surface area contributed by atoms with Crippen molar-refractivity contribution in [3.63, 3.8) is 0 Å². The SMILES string of the molecule is Cl.OC(COc1ccc2ccccc2c1)CN1CCOC(c2cccc(Br)c2)C1. The van der Waals surface area contributed by atoms with Gasteiger partial charge >= 0.3 is 0 Å². The predicted octanol–water partition coefficient (Wildman–Crippen LogP) is 4.84. The van der Waals surface area contributed by atoms with Crippen LogP contribution in [0.25, 0.3) is 10.8 Å². The zero-order valence-corrected chi connectivity index (χ0v) is 18.4. The molecule has 0 saturated carbocycles. The van der Waals surface area contributed by atoms with Crippen molar-refractivity contribution in [3.05, 3.63) is 76.8 Å². The Hall–Kier alpha value is -1.63. The molecule has 1 aliphatic rings. The van der Waals surface area contributed by atoms with E-state index in [0.717, 1.165) is 34.3 Å². The Bertz CT molecular complexity index is 939. The van der Waals surface area contributed by atoms with E-state index in [1.54, 1.807) is 0 Å². The van der Waals surface area contributed by atoms with Gasteiger partial charge in [0, 0.05) is 24.1 Å². The van der Waals surface area contributed by atoms with Crippen LogP contribution in [0.5, 0.6) is 5.75 Å². The van der Waals surface area contributed by atoms with E-state index in [2.05, 4.69) is 45.1 Å². The Kier molecular flexibility index (Phi) is 7.92. The van der Waals surface area contributed by atoms with Crippen LogP contribution in [0.4, 0.5) is 0 Å². The number of nitrogens with zero attached hydrogens (tertiary/aromatic N) is 1. The molecule has 0 spiro atoms. The van der Waals surface area contributed by atoms with Gasteiger partial charge in [-0.25, -0.2) is 0 Å². The lowest BCUT2D eigenvalue weighted by molar-refractivity contribution is -0.0459. The standard InChI is InChI=1S/C23H24BrNO3.ClH/c24-20-7-3-6-19(12-20)23-15-25(10-11-27-23)14-21(26)16-28-22-9-8-17-4-1-2-5-18(17)13-22;/h1-9,12-13,21,23,26H,10-11,14-16H2;1H. The number of rotatable bonds is 6. The normalized spacial score (nSPS) is 18.2. The van der Waals surface area contributed by atoms with Crippen LogP contribution in [0.3, 0.4) is 0 Å². The molecule has 154 valence electrons. The van der Waals surface area contributed by atoms with Crippen LogP contribution >= 0.6 is 28.3 Å². The largest absolute Gasteiger partial charge is 0.491 e. The van der Waals surface area contributed by atoms with Crippen LogP contribution in [-0.4, -0.2) is 49.0 Å². The van der Waals surface area contributed by atoms with Gasteiger partial charge in [-0.2, -0.15) is 0 Å². The molecule has 6 heteroatoms. The molecule has 0 amide bonds. The van der Waals surface area contributed by atoms with Crippen LogP contribution in [0.15, 0.2) is 71.2 Å². The summed E-state index contributed by atoms with van der Waals surface area (Å²) in [6.07, 6.45) is -0.521. The molecule has 4 nitrogen and oxygen atoms in total. The summed E-state index contributed by atoms with van der Waals surface area (Å²) in [5, 5.41) is 12.8. The van der Waals surface area contributed by atoms with Crippen molar-refractivity contribution < 1.29 is 14.6 Å². The minimum absolute atomic E-state index is 0. The van der Waals surface area contributed by atoms with Crippen molar-refractivity contribution in [2.45, 2.75) is 12.2 Å². The number of aliphatic hydroxyl groups is 1. The van der Waals surface area contributed by atoms with Gasteiger partial charge in [-0.3, -0.25) is 4.90 Å². The number of halogens is 2. The van der Waals surface area contributed by atoms with E-state index in [4.69, 9.17) is 9.47 Å². The second-order valence-electron chi connectivity index (χ2n) is 7.15. The van der Waals surface area contributed by atoms with Gasteiger partial charge < -0.3 is 14.6 Å². The molecule has 4 rings (SSSR count). The third-order valence-corrected chi connectivity index (χ3v) is 5.50. The highest BCUT2D eigenvalue weighted by molar-refractivity contribution is 9.10. The van der Waals surface area contributed by atoms with Gasteiger partial charge in [0.2, 0.25) is 0 Å². The van der Waals surface area contributed by atoms with Gasteiger partial charge in [0.1, 0.15) is 18.5 Å². The highest BCUT2D eigenvalue weighted by Crippen LogP contribution is 2.25. The fourth-order valence-corrected chi connectivity index (χ4v) is 3.99. The second kappa shape index (κ2) is 10.4. The van der Waals surface area contributed by atoms with Gasteiger partial charge in [-0.1, -0.05) is 58.4 Å². The first-order valence-corrected chi connectivity index (χ1v) is 10.4. The summed E-state index contributed by atoms with van der Waals surface area (Å²) in [5.41, 5.74) is 1.15. The predicted molar refractivity (Wildman–Crippen MR) is 122 cm³/mol. The van der Waals surface area contributed by atoms with Gasteiger partial charge in [0.15, 0.2) is 0 Å². The molecule has 2 unspecified atom stereocenters. The monoisotopic (exact) mass is 477 g/mol. The number of ether oxygens (including phenoxy) is 2. The number of benzene rings is 3. The van der Waals surface area contributed by atoms with Gasteiger partial charge in [-0.15, -0.1) is 12.4 Å². The van der Waals surface area contributed by atoms with Crippen molar-refractivity contribution >= 4 is 39.1 Å². The lowest BCUT2D eigenvalue weighted by atomic mass is 10.1. The minimum Gasteiger partial charge on any atom is -0.491 e. The molecule has 0 aromatic heterocycles. The van der Waals surface area contributed by atoms with Crippen LogP contribution in [0.1, 0.15) is 11.7 Å². The molecule has 0 radical (unpaired) electrons. The van der Waals surface area contributed by atoms with Crippen LogP contribution < -0.4 is 4.74 Å². The molecule has 3 aromatic carbocycles. The molecular formula is C23H25BrClNO3. The van der Waals surface area contributed by atoms with Crippen LogP contribution in [-0.2, 0) is 4.74 Å². The molecular weight excluding hydrogens is 454 g/mol. The Balaban J connectivity index is 0.00000240. The molecule has 1 aliphatic heterocycles. The maximum absolute atomic E-state index is 10.5. The molecule has 3 aromatic rings. The highest BCUT2D eigenvalue weighted by Gasteiger charge is 2.24. The third-order valence-electron chi connectivity index (χ3n) is 5.00. The smallest absolute Gasteiger partial charge is 0.120 e. The number of aliphatic hydroxyl groups excluding tert-OH is 1. The lowest BCUT2D eigenvalue weighted by Gasteiger charge is -2.34. The quantitative estimate of drug-likeness (QED) is 0.551. The average Bonchev–Trinajstić information content (AvgIpc) is 2.72. The lowest BCUT2D eigenvalue weighted by Crippen LogP contribution is -2.43. The Labute approximate surface area is 186 Å². The maximum atomic E-state index is 10.5. The summed E-state index contributed by atoms with van der Waals surface area (Å²) in [6.45, 7) is 3.09. The zero-order chi connectivity index (χ0) is 19.3. The number of hydrogen-bond donors (Lipinski definition) is 1. The molecule has 1 saturated heterocycles. The zero-order valence-electron chi connectivity index (χ0n) is 16.0. The number of hydrogen-bond acceptors (Lipinski definition) is 4. The molecule has 0 bridgehead atoms. The molecule has 29 heavy (non-hydrogen) atoms. The fourth-order valence-electron chi connectivity index (χ4n) is 3.58. The van der Waals surface area contributed by atoms with Gasteiger partial charge in [0.25, 0.3) is 0 Å². The maximum Gasteiger partial charge on any atom is 0.120 e. The van der Waals surface area contributed by atoms with Crippen molar-refractivity contribution in [3.8, 4) is 5.75 Å². The van der Waals surface area contributed by atoms with E-state index in [9.17, 15) is 5.11 Å². The van der Waals surface area contributed by atoms with E-state index in [-0.39, 0.29) is 25.1 Å². The summed E-state index contributed by atoms with van der Waals surface area (Å²) < 4.78 is 12.8. The topological polar surface area (TPSA) is 41.9 Å². The van der Waals surface area contributed by atoms with Crippen LogP contribution in [0.2, 0.25) is 0 Å². The third kappa shape index (κ3) is 5.93. The Morgan fingerprint density at radius 1 is 1.07 bits per heavy atom. The van der Waals surface area contributed by atoms with E-state index in [1.165, 1.54) is 5.39 Å². The highest BCUT2D eigenvalue weighted by atomic mass is 79.9. The summed E-state index contributed by atoms with van der Waals surface area (Å²) >= 11 is 3.52. The number of fused-ring (bicyclic) bond motifs is 1. The summed E-state index contributed by atoms with van der Waals surface area (Å²) in [4.78, 5) is 2.24. The van der Waals surface area contributed by atoms with E-state index in [1.807, 2.05) is 42.5 Å². The summed E-state index contributed by atoms with van der Waals surface area (Å²) in [7, 11) is 0. The minimum atomic E-state index is -0.548. The van der Waals surface area contributed by atoms with Crippen molar-refractivity contribution in [1.82, 2.24) is 4.90 Å². The average molecular weight is 479 g/mol. The number of β-amino-alcohol motifs (C(OH)–C–C–N with tert-alkyl or cyclic N) is 1. The van der Waals surface area contributed by atoms with Crippen molar-refractivity contribution in [2.75, 3.05) is 32.8 Å².